The molecule has 1 heterocycles. The third-order valence-electron chi connectivity index (χ3n) is 1.76. The first-order valence-corrected chi connectivity index (χ1v) is 3.94. The maximum absolute atomic E-state index is 12.4. The van der Waals surface area contributed by atoms with E-state index in [-0.39, 0.29) is 6.07 Å². The Hall–Kier alpha value is -2.00. The molecule has 0 spiro atoms. The summed E-state index contributed by atoms with van der Waals surface area (Å²) in [6, 6.07) is -0.00694. The highest BCUT2D eigenvalue weighted by atomic mass is 19.4. The summed E-state index contributed by atoms with van der Waals surface area (Å²) in [6.45, 7) is 0. The number of nitrogen functional groups attached to an aromatic ring is 1. The third kappa shape index (κ3) is 2.57. The van der Waals surface area contributed by atoms with Crippen LogP contribution in [-0.4, -0.2) is 9.91 Å². The van der Waals surface area contributed by atoms with E-state index in [1.54, 1.807) is 0 Å². The van der Waals surface area contributed by atoms with Crippen LogP contribution >= 0.6 is 0 Å². The number of hydrogen-bond acceptors (Lipinski definition) is 4. The van der Waals surface area contributed by atoms with Crippen molar-refractivity contribution in [3.05, 3.63) is 27.4 Å². The van der Waals surface area contributed by atoms with Crippen molar-refractivity contribution in [2.45, 2.75) is 12.6 Å². The van der Waals surface area contributed by atoms with Crippen LogP contribution in [0.25, 0.3) is 0 Å². The second-order valence-electron chi connectivity index (χ2n) is 2.89. The highest BCUT2D eigenvalue weighted by molar-refractivity contribution is 5.60. The predicted molar refractivity (Wildman–Crippen MR) is 45.3 cm³/mol. The van der Waals surface area contributed by atoms with Gasteiger partial charge in [-0.15, -0.1) is 0 Å². The summed E-state index contributed by atoms with van der Waals surface area (Å²) in [6.07, 6.45) is -8.43. The zero-order valence-corrected chi connectivity index (χ0v) is 7.83. The first kappa shape index (κ1) is 13.1. The molecule has 17 heavy (non-hydrogen) atoms. The number of halogens is 5. The van der Waals surface area contributed by atoms with Crippen LogP contribution < -0.4 is 5.73 Å². The van der Waals surface area contributed by atoms with Crippen LogP contribution in [0.4, 0.5) is 33.5 Å². The van der Waals surface area contributed by atoms with Gasteiger partial charge in [0.1, 0.15) is 5.69 Å². The van der Waals surface area contributed by atoms with E-state index in [0.717, 1.165) is 0 Å². The number of nitrogens with two attached hydrogens (primary N) is 1. The second kappa shape index (κ2) is 4.11. The molecule has 10 heteroatoms. The Morgan fingerprint density at radius 2 is 1.94 bits per heavy atom. The van der Waals surface area contributed by atoms with E-state index in [4.69, 9.17) is 5.73 Å². The molecular formula is C7H4F5N3O2. The fourth-order valence-electron chi connectivity index (χ4n) is 1.05. The van der Waals surface area contributed by atoms with Crippen LogP contribution in [0.2, 0.25) is 0 Å². The van der Waals surface area contributed by atoms with Crippen molar-refractivity contribution in [2.75, 3.05) is 5.73 Å². The number of alkyl halides is 5. The van der Waals surface area contributed by atoms with Crippen LogP contribution in [0.15, 0.2) is 6.07 Å². The van der Waals surface area contributed by atoms with E-state index in [9.17, 15) is 32.1 Å². The monoisotopic (exact) mass is 257 g/mol. The molecule has 1 aromatic rings. The molecule has 0 aliphatic carbocycles. The van der Waals surface area contributed by atoms with Gasteiger partial charge in [-0.1, -0.05) is 0 Å². The second-order valence-corrected chi connectivity index (χ2v) is 2.89. The topological polar surface area (TPSA) is 82.0 Å². The average molecular weight is 257 g/mol. The maximum Gasteiger partial charge on any atom is 0.418 e. The Labute approximate surface area is 90.2 Å². The molecule has 0 unspecified atom stereocenters. The van der Waals surface area contributed by atoms with Crippen LogP contribution in [0.3, 0.4) is 0 Å². The highest BCUT2D eigenvalue weighted by Crippen LogP contribution is 2.38. The molecule has 0 aliphatic rings. The Morgan fingerprint density at radius 1 is 1.41 bits per heavy atom. The quantitative estimate of drug-likeness (QED) is 0.501. The van der Waals surface area contributed by atoms with Gasteiger partial charge in [0.2, 0.25) is 5.69 Å². The van der Waals surface area contributed by atoms with E-state index in [0.29, 0.717) is 0 Å². The van der Waals surface area contributed by atoms with Crippen molar-refractivity contribution >= 4 is 11.5 Å². The number of anilines is 1. The lowest BCUT2D eigenvalue weighted by Crippen LogP contribution is -2.13. The van der Waals surface area contributed by atoms with Gasteiger partial charge in [-0.3, -0.25) is 0 Å². The minimum absolute atomic E-state index is 0.00694. The molecule has 2 N–H and O–H groups in total. The van der Waals surface area contributed by atoms with Crippen molar-refractivity contribution in [1.82, 2.24) is 4.98 Å². The molecule has 1 rings (SSSR count). The summed E-state index contributed by atoms with van der Waals surface area (Å²) in [5.74, 6) is -1.44. The van der Waals surface area contributed by atoms with Crippen LogP contribution in [-0.2, 0) is 6.18 Å². The molecule has 0 saturated heterocycles. The molecule has 5 nitrogen and oxygen atoms in total. The molecule has 0 saturated carbocycles. The summed E-state index contributed by atoms with van der Waals surface area (Å²) >= 11 is 0. The molecule has 0 aromatic carbocycles. The SMILES string of the molecule is Nc1c(C(F)(F)F)cc(C(F)F)nc1[N+](=O)[O-]. The largest absolute Gasteiger partial charge is 0.418 e. The van der Waals surface area contributed by atoms with Crippen molar-refractivity contribution < 1.29 is 26.9 Å². The minimum Gasteiger partial charge on any atom is -0.391 e. The Balaban J connectivity index is 3.55. The Kier molecular flexibility index (Phi) is 3.16. The summed E-state index contributed by atoms with van der Waals surface area (Å²) in [4.78, 5) is 11.7. The van der Waals surface area contributed by atoms with Gasteiger partial charge in [0.25, 0.3) is 0 Å². The standard InChI is InChI=1S/C7H4F5N3O2/c8-5(9)3-1-2(7(10,11)12)4(13)6(14-3)15(16)17/h1,5H,13H2. The summed E-state index contributed by atoms with van der Waals surface area (Å²) in [7, 11) is 0. The van der Waals surface area contributed by atoms with Crippen molar-refractivity contribution in [2.24, 2.45) is 0 Å². The van der Waals surface area contributed by atoms with E-state index in [2.05, 4.69) is 4.98 Å². The van der Waals surface area contributed by atoms with Crippen LogP contribution in [0, 0.1) is 10.1 Å². The van der Waals surface area contributed by atoms with Gasteiger partial charge >= 0.3 is 18.4 Å². The molecular weight excluding hydrogens is 253 g/mol. The van der Waals surface area contributed by atoms with E-state index >= 15 is 0 Å². The number of hydrogen-bond donors (Lipinski definition) is 1. The smallest absolute Gasteiger partial charge is 0.391 e. The molecule has 0 radical (unpaired) electrons. The maximum atomic E-state index is 12.4. The summed E-state index contributed by atoms with van der Waals surface area (Å²) in [5.41, 5.74) is 0.537. The van der Waals surface area contributed by atoms with Crippen LogP contribution in [0.5, 0.6) is 0 Å². The molecule has 0 aliphatic heterocycles. The van der Waals surface area contributed by atoms with Gasteiger partial charge in [-0.2, -0.15) is 13.2 Å². The van der Waals surface area contributed by atoms with Gasteiger partial charge < -0.3 is 15.8 Å². The molecule has 0 atom stereocenters. The lowest BCUT2D eigenvalue weighted by Gasteiger charge is -2.10. The zero-order valence-electron chi connectivity index (χ0n) is 7.83. The fourth-order valence-corrected chi connectivity index (χ4v) is 1.05. The van der Waals surface area contributed by atoms with Gasteiger partial charge in [0, 0.05) is 6.07 Å². The predicted octanol–water partition coefficient (Wildman–Crippen LogP) is 2.53. The summed E-state index contributed by atoms with van der Waals surface area (Å²) < 4.78 is 61.5. The van der Waals surface area contributed by atoms with E-state index < -0.39 is 40.3 Å². The molecule has 0 bridgehead atoms. The van der Waals surface area contributed by atoms with E-state index in [1.165, 1.54) is 0 Å². The first-order chi connectivity index (χ1) is 7.64. The lowest BCUT2D eigenvalue weighted by atomic mass is 10.1. The van der Waals surface area contributed by atoms with Gasteiger partial charge in [0.15, 0.2) is 0 Å². The van der Waals surface area contributed by atoms with Gasteiger partial charge in [-0.25, -0.2) is 8.78 Å². The number of rotatable bonds is 2. The Morgan fingerprint density at radius 3 is 2.29 bits per heavy atom. The Bertz CT molecular complexity index is 460. The number of aromatic nitrogens is 1. The minimum atomic E-state index is -5.07. The number of nitro groups is 1. The third-order valence-corrected chi connectivity index (χ3v) is 1.76. The molecule has 0 fully saturated rings. The highest BCUT2D eigenvalue weighted by Gasteiger charge is 2.39. The summed E-state index contributed by atoms with van der Waals surface area (Å²) in [5, 5.41) is 10.3. The zero-order chi connectivity index (χ0) is 13.4. The van der Waals surface area contributed by atoms with Crippen LogP contribution in [0.1, 0.15) is 17.7 Å². The van der Waals surface area contributed by atoms with Crippen molar-refractivity contribution in [3.8, 4) is 0 Å². The average Bonchev–Trinajstić information content (AvgIpc) is 2.15. The fraction of sp³-hybridized carbons (Fsp3) is 0.286. The molecule has 0 amide bonds. The number of nitrogens with zero attached hydrogens (tertiary/aromatic N) is 2. The molecule has 94 valence electrons. The first-order valence-electron chi connectivity index (χ1n) is 3.94. The van der Waals surface area contributed by atoms with Gasteiger partial charge in [0.05, 0.1) is 5.56 Å². The normalized spacial score (nSPS) is 11.9. The van der Waals surface area contributed by atoms with Gasteiger partial charge in [-0.05, 0) is 9.91 Å². The number of pyridine rings is 1. The van der Waals surface area contributed by atoms with E-state index in [1.807, 2.05) is 0 Å². The van der Waals surface area contributed by atoms with Crippen molar-refractivity contribution in [3.63, 3.8) is 0 Å². The molecule has 1 aromatic heterocycles. The lowest BCUT2D eigenvalue weighted by molar-refractivity contribution is -0.388. The van der Waals surface area contributed by atoms with Crippen molar-refractivity contribution in [1.29, 1.82) is 0 Å².